The molecular weight excluding hydrogens is 410 g/mol. The average molecular weight is 438 g/mol. The van der Waals surface area contributed by atoms with E-state index in [0.29, 0.717) is 23.6 Å². The van der Waals surface area contributed by atoms with E-state index in [9.17, 15) is 4.79 Å². The van der Waals surface area contributed by atoms with E-state index < -0.39 is 5.91 Å². The van der Waals surface area contributed by atoms with Gasteiger partial charge < -0.3 is 29.5 Å². The number of nitrogens with two attached hydrogens (primary N) is 1. The minimum Gasteiger partial charge on any atom is -0.497 e. The van der Waals surface area contributed by atoms with Crippen LogP contribution in [0, 0.1) is 0 Å². The Morgan fingerprint density at radius 1 is 1.12 bits per heavy atom. The van der Waals surface area contributed by atoms with Gasteiger partial charge in [-0.3, -0.25) is 4.79 Å². The van der Waals surface area contributed by atoms with E-state index in [1.54, 1.807) is 19.6 Å². The molecule has 0 saturated carbocycles. The lowest BCUT2D eigenvalue weighted by molar-refractivity contribution is 0.100. The van der Waals surface area contributed by atoms with Crippen LogP contribution in [0.3, 0.4) is 0 Å². The third kappa shape index (κ3) is 5.57. The van der Waals surface area contributed by atoms with Crippen molar-refractivity contribution in [1.82, 2.24) is 9.47 Å². The average Bonchev–Trinajstić information content (AvgIpc) is 3.14. The standard InChI is InChI=1S/C23H27N5O4/c1-27(2)15-25-16-5-10-22-20(11-16)21(23(24)29)13-28(22)12-17(26-31-4)14-32-19-8-6-18(30-3)7-9-19/h5-11,13,15H,12,14H2,1-4H3,(H2,24,29)/b25-15?,26-17-. The zero-order valence-corrected chi connectivity index (χ0v) is 18.6. The van der Waals surface area contributed by atoms with Crippen LogP contribution in [0.15, 0.2) is 58.8 Å². The summed E-state index contributed by atoms with van der Waals surface area (Å²) in [6, 6.07) is 12.9. The number of oxime groups is 1. The Bertz CT molecular complexity index is 1130. The molecule has 0 saturated heterocycles. The second kappa shape index (κ2) is 10.3. The lowest BCUT2D eigenvalue weighted by Crippen LogP contribution is -2.18. The van der Waals surface area contributed by atoms with Crippen LogP contribution >= 0.6 is 0 Å². The van der Waals surface area contributed by atoms with E-state index in [-0.39, 0.29) is 6.61 Å². The first-order valence-corrected chi connectivity index (χ1v) is 9.90. The molecule has 32 heavy (non-hydrogen) atoms. The molecule has 0 atom stereocenters. The second-order valence-electron chi connectivity index (χ2n) is 7.25. The fourth-order valence-electron chi connectivity index (χ4n) is 3.14. The number of carbonyl (C=O) groups excluding carboxylic acids is 1. The molecular formula is C23H27N5O4. The van der Waals surface area contributed by atoms with Crippen molar-refractivity contribution in [2.75, 3.05) is 34.9 Å². The van der Waals surface area contributed by atoms with Crippen molar-refractivity contribution in [3.05, 3.63) is 54.2 Å². The van der Waals surface area contributed by atoms with Gasteiger partial charge in [0.15, 0.2) is 0 Å². The molecule has 0 unspecified atom stereocenters. The number of benzene rings is 2. The fourth-order valence-corrected chi connectivity index (χ4v) is 3.14. The van der Waals surface area contributed by atoms with Gasteiger partial charge in [0.05, 0.1) is 31.2 Å². The third-order valence-corrected chi connectivity index (χ3v) is 4.61. The Labute approximate surface area is 186 Å². The highest BCUT2D eigenvalue weighted by atomic mass is 16.6. The number of methoxy groups -OCH3 is 1. The monoisotopic (exact) mass is 437 g/mol. The molecule has 3 aromatic rings. The third-order valence-electron chi connectivity index (χ3n) is 4.61. The van der Waals surface area contributed by atoms with Gasteiger partial charge in [0, 0.05) is 31.2 Å². The Morgan fingerprint density at radius 2 is 1.84 bits per heavy atom. The summed E-state index contributed by atoms with van der Waals surface area (Å²) in [5, 5.41) is 4.82. The Morgan fingerprint density at radius 3 is 2.47 bits per heavy atom. The predicted octanol–water partition coefficient (Wildman–Crippen LogP) is 3.05. The first-order valence-electron chi connectivity index (χ1n) is 9.90. The summed E-state index contributed by atoms with van der Waals surface area (Å²) in [6.07, 6.45) is 3.41. The predicted molar refractivity (Wildman–Crippen MR) is 125 cm³/mol. The molecule has 1 heterocycles. The van der Waals surface area contributed by atoms with E-state index in [2.05, 4.69) is 10.1 Å². The number of ether oxygens (including phenoxy) is 2. The summed E-state index contributed by atoms with van der Waals surface area (Å²) in [5.74, 6) is 0.908. The number of rotatable bonds is 10. The van der Waals surface area contributed by atoms with Gasteiger partial charge in [-0.1, -0.05) is 5.16 Å². The molecule has 0 bridgehead atoms. The molecule has 0 aliphatic rings. The molecule has 0 aliphatic carbocycles. The number of fused-ring (bicyclic) bond motifs is 1. The van der Waals surface area contributed by atoms with Crippen molar-refractivity contribution < 1.29 is 19.1 Å². The molecule has 0 fully saturated rings. The van der Waals surface area contributed by atoms with Gasteiger partial charge in [-0.05, 0) is 42.5 Å². The normalized spacial score (nSPS) is 11.7. The quantitative estimate of drug-likeness (QED) is 0.298. The van der Waals surface area contributed by atoms with Crippen molar-refractivity contribution >= 4 is 34.5 Å². The topological polar surface area (TPSA) is 104 Å². The van der Waals surface area contributed by atoms with Crippen molar-refractivity contribution in [2.45, 2.75) is 6.54 Å². The summed E-state index contributed by atoms with van der Waals surface area (Å²) < 4.78 is 12.9. The van der Waals surface area contributed by atoms with Crippen LogP contribution in [0.5, 0.6) is 11.5 Å². The molecule has 0 spiro atoms. The highest BCUT2D eigenvalue weighted by molar-refractivity contribution is 6.07. The summed E-state index contributed by atoms with van der Waals surface area (Å²) in [6.45, 7) is 0.561. The van der Waals surface area contributed by atoms with Gasteiger partial charge in [0.2, 0.25) is 0 Å². The van der Waals surface area contributed by atoms with Crippen molar-refractivity contribution in [3.8, 4) is 11.5 Å². The van der Waals surface area contributed by atoms with E-state index in [4.69, 9.17) is 20.0 Å². The minimum atomic E-state index is -0.512. The Hall–Kier alpha value is -4.01. The molecule has 168 valence electrons. The maximum atomic E-state index is 12.1. The summed E-state index contributed by atoms with van der Waals surface area (Å²) >= 11 is 0. The Balaban J connectivity index is 1.85. The van der Waals surface area contributed by atoms with Crippen LogP contribution in [0.4, 0.5) is 5.69 Å². The SMILES string of the molecule is CO/N=C(\COc1ccc(OC)cc1)Cn1cc(C(N)=O)c2cc(N=CN(C)C)ccc21. The number of carbonyl (C=O) groups is 1. The van der Waals surface area contributed by atoms with Crippen molar-refractivity contribution in [1.29, 1.82) is 0 Å². The molecule has 0 radical (unpaired) electrons. The minimum absolute atomic E-state index is 0.205. The van der Waals surface area contributed by atoms with E-state index in [0.717, 1.165) is 22.3 Å². The summed E-state index contributed by atoms with van der Waals surface area (Å²) in [7, 11) is 6.86. The molecule has 9 heteroatoms. The second-order valence-corrected chi connectivity index (χ2v) is 7.25. The van der Waals surface area contributed by atoms with Crippen LogP contribution in [0.2, 0.25) is 0 Å². The van der Waals surface area contributed by atoms with Crippen LogP contribution in [-0.4, -0.2) is 62.3 Å². The largest absolute Gasteiger partial charge is 0.497 e. The number of hydrogen-bond acceptors (Lipinski definition) is 6. The number of primary amides is 1. The molecule has 1 amide bonds. The Kier molecular flexibility index (Phi) is 7.33. The lowest BCUT2D eigenvalue weighted by Gasteiger charge is -2.11. The maximum absolute atomic E-state index is 12.1. The zero-order valence-electron chi connectivity index (χ0n) is 18.6. The number of aromatic nitrogens is 1. The molecule has 2 aromatic carbocycles. The van der Waals surface area contributed by atoms with Crippen LogP contribution in [-0.2, 0) is 11.4 Å². The molecule has 3 rings (SSSR count). The van der Waals surface area contributed by atoms with E-state index >= 15 is 0 Å². The first kappa shape index (κ1) is 22.7. The zero-order chi connectivity index (χ0) is 23.1. The van der Waals surface area contributed by atoms with Crippen molar-refractivity contribution in [2.24, 2.45) is 15.9 Å². The maximum Gasteiger partial charge on any atom is 0.250 e. The molecule has 2 N–H and O–H groups in total. The smallest absolute Gasteiger partial charge is 0.250 e. The van der Waals surface area contributed by atoms with Crippen LogP contribution < -0.4 is 15.2 Å². The van der Waals surface area contributed by atoms with Crippen molar-refractivity contribution in [3.63, 3.8) is 0 Å². The van der Waals surface area contributed by atoms with Crippen LogP contribution in [0.1, 0.15) is 10.4 Å². The first-order chi connectivity index (χ1) is 15.4. The highest BCUT2D eigenvalue weighted by Crippen LogP contribution is 2.26. The van der Waals surface area contributed by atoms with Gasteiger partial charge in [-0.2, -0.15) is 0 Å². The summed E-state index contributed by atoms with van der Waals surface area (Å²) in [5.41, 5.74) is 8.22. The van der Waals surface area contributed by atoms with Gasteiger partial charge >= 0.3 is 0 Å². The molecule has 9 nitrogen and oxygen atoms in total. The van der Waals surface area contributed by atoms with E-state index in [1.165, 1.54) is 7.11 Å². The van der Waals surface area contributed by atoms with Gasteiger partial charge in [0.1, 0.15) is 30.9 Å². The van der Waals surface area contributed by atoms with E-state index in [1.807, 2.05) is 66.0 Å². The number of amides is 1. The highest BCUT2D eigenvalue weighted by Gasteiger charge is 2.15. The number of nitrogens with zero attached hydrogens (tertiary/aromatic N) is 4. The number of hydrogen-bond donors (Lipinski definition) is 1. The van der Waals surface area contributed by atoms with Gasteiger partial charge in [-0.25, -0.2) is 4.99 Å². The van der Waals surface area contributed by atoms with Crippen LogP contribution in [0.25, 0.3) is 10.9 Å². The summed E-state index contributed by atoms with van der Waals surface area (Å²) in [4.78, 5) is 23.3. The fraction of sp³-hybridized carbons (Fsp3) is 0.261. The number of aliphatic imine (C=N–C) groups is 1. The molecule has 1 aromatic heterocycles. The van der Waals surface area contributed by atoms with Gasteiger partial charge in [0.25, 0.3) is 5.91 Å². The molecule has 0 aliphatic heterocycles. The van der Waals surface area contributed by atoms with Gasteiger partial charge in [-0.15, -0.1) is 0 Å². The lowest BCUT2D eigenvalue weighted by atomic mass is 10.1.